The largest absolute Gasteiger partial charge is 0.497 e. The third kappa shape index (κ3) is 4.28. The first kappa shape index (κ1) is 17.4. The van der Waals surface area contributed by atoms with E-state index in [2.05, 4.69) is 5.32 Å². The summed E-state index contributed by atoms with van der Waals surface area (Å²) < 4.78 is 16.2. The van der Waals surface area contributed by atoms with E-state index in [-0.39, 0.29) is 17.7 Å². The summed E-state index contributed by atoms with van der Waals surface area (Å²) in [5.41, 5.74) is 0.602. The maximum Gasteiger partial charge on any atom is 0.318 e. The fraction of sp³-hybridized carbons (Fsp3) is 0.588. The van der Waals surface area contributed by atoms with Crippen LogP contribution in [0.1, 0.15) is 32.4 Å². The molecule has 1 atom stereocenters. The highest BCUT2D eigenvalue weighted by Crippen LogP contribution is 2.29. The number of methoxy groups -OCH3 is 2. The van der Waals surface area contributed by atoms with Crippen molar-refractivity contribution in [3.63, 3.8) is 0 Å². The van der Waals surface area contributed by atoms with Crippen LogP contribution in [0.15, 0.2) is 18.2 Å². The summed E-state index contributed by atoms with van der Waals surface area (Å²) in [4.78, 5) is 14.3. The molecule has 0 spiro atoms. The monoisotopic (exact) mass is 322 g/mol. The first-order valence-electron chi connectivity index (χ1n) is 7.77. The van der Waals surface area contributed by atoms with Gasteiger partial charge in [0.2, 0.25) is 0 Å². The third-order valence-electron chi connectivity index (χ3n) is 3.96. The number of rotatable bonds is 4. The van der Waals surface area contributed by atoms with Gasteiger partial charge in [0, 0.05) is 18.2 Å². The molecule has 0 aliphatic carbocycles. The number of ether oxygens (including phenoxy) is 3. The molecule has 0 aromatic heterocycles. The van der Waals surface area contributed by atoms with E-state index in [1.807, 2.05) is 39.0 Å². The summed E-state index contributed by atoms with van der Waals surface area (Å²) in [6.07, 6.45) is 0. The van der Waals surface area contributed by atoms with E-state index in [9.17, 15) is 4.79 Å². The Labute approximate surface area is 137 Å². The molecule has 128 valence electrons. The Morgan fingerprint density at radius 2 is 2.09 bits per heavy atom. The minimum atomic E-state index is -0.309. The van der Waals surface area contributed by atoms with Crippen molar-refractivity contribution in [2.45, 2.75) is 32.4 Å². The smallest absolute Gasteiger partial charge is 0.318 e. The summed E-state index contributed by atoms with van der Waals surface area (Å²) in [7, 11) is 3.22. The van der Waals surface area contributed by atoms with Crippen LogP contribution in [0.3, 0.4) is 0 Å². The minimum absolute atomic E-state index is 0.0910. The predicted molar refractivity (Wildman–Crippen MR) is 88.1 cm³/mol. The van der Waals surface area contributed by atoms with Gasteiger partial charge in [-0.05, 0) is 32.9 Å². The number of nitrogens with one attached hydrogen (secondary N) is 1. The predicted octanol–water partition coefficient (Wildman–Crippen LogP) is 2.59. The van der Waals surface area contributed by atoms with Gasteiger partial charge < -0.3 is 24.4 Å². The van der Waals surface area contributed by atoms with Crippen molar-refractivity contribution in [1.29, 1.82) is 0 Å². The highest BCUT2D eigenvalue weighted by molar-refractivity contribution is 5.75. The quantitative estimate of drug-likeness (QED) is 0.925. The van der Waals surface area contributed by atoms with E-state index in [0.29, 0.717) is 25.4 Å². The molecule has 0 bridgehead atoms. The number of carbonyl (C=O) groups is 1. The van der Waals surface area contributed by atoms with Crippen LogP contribution in [-0.4, -0.2) is 50.4 Å². The molecule has 1 unspecified atom stereocenters. The molecule has 1 saturated heterocycles. The van der Waals surface area contributed by atoms with Crippen molar-refractivity contribution in [2.24, 2.45) is 0 Å². The molecular formula is C17H26N2O4. The molecule has 1 aliphatic rings. The van der Waals surface area contributed by atoms with Crippen LogP contribution in [0.4, 0.5) is 4.79 Å². The van der Waals surface area contributed by atoms with Crippen molar-refractivity contribution in [1.82, 2.24) is 10.2 Å². The second kappa shape index (κ2) is 7.08. The number of urea groups is 1. The third-order valence-corrected chi connectivity index (χ3v) is 3.96. The van der Waals surface area contributed by atoms with Crippen LogP contribution in [0, 0.1) is 0 Å². The summed E-state index contributed by atoms with van der Waals surface area (Å²) >= 11 is 0. The number of amides is 2. The van der Waals surface area contributed by atoms with Gasteiger partial charge in [0.05, 0.1) is 39.0 Å². The Kier molecular flexibility index (Phi) is 5.36. The van der Waals surface area contributed by atoms with Crippen LogP contribution in [0.25, 0.3) is 0 Å². The molecule has 2 rings (SSSR count). The molecular weight excluding hydrogens is 296 g/mol. The van der Waals surface area contributed by atoms with E-state index in [4.69, 9.17) is 14.2 Å². The van der Waals surface area contributed by atoms with Gasteiger partial charge in [-0.2, -0.15) is 0 Å². The van der Waals surface area contributed by atoms with Crippen molar-refractivity contribution in [3.8, 4) is 11.5 Å². The molecule has 1 N–H and O–H groups in total. The minimum Gasteiger partial charge on any atom is -0.497 e. The summed E-state index contributed by atoms with van der Waals surface area (Å²) in [6.45, 7) is 7.65. The topological polar surface area (TPSA) is 60.0 Å². The molecule has 2 amide bonds. The zero-order chi connectivity index (χ0) is 17.0. The van der Waals surface area contributed by atoms with Gasteiger partial charge in [0.25, 0.3) is 0 Å². The van der Waals surface area contributed by atoms with Crippen LogP contribution < -0.4 is 14.8 Å². The van der Waals surface area contributed by atoms with Gasteiger partial charge >= 0.3 is 6.03 Å². The SMILES string of the molecule is COc1ccc(C(C)NC(=O)N2CCOC(C)(C)C2)c(OC)c1. The first-order valence-corrected chi connectivity index (χ1v) is 7.77. The summed E-state index contributed by atoms with van der Waals surface area (Å²) in [5, 5.41) is 3.03. The lowest BCUT2D eigenvalue weighted by Crippen LogP contribution is -2.53. The van der Waals surface area contributed by atoms with E-state index in [1.165, 1.54) is 0 Å². The van der Waals surface area contributed by atoms with Gasteiger partial charge in [-0.1, -0.05) is 0 Å². The van der Waals surface area contributed by atoms with Crippen LogP contribution in [0.2, 0.25) is 0 Å². The molecule has 1 heterocycles. The van der Waals surface area contributed by atoms with Gasteiger partial charge in [-0.3, -0.25) is 0 Å². The maximum atomic E-state index is 12.5. The number of hydrogen-bond acceptors (Lipinski definition) is 4. The Morgan fingerprint density at radius 1 is 1.35 bits per heavy atom. The average Bonchev–Trinajstić information content (AvgIpc) is 2.53. The lowest BCUT2D eigenvalue weighted by atomic mass is 10.1. The molecule has 1 aromatic rings. The zero-order valence-electron chi connectivity index (χ0n) is 14.5. The summed E-state index contributed by atoms with van der Waals surface area (Å²) in [6, 6.07) is 5.32. The molecule has 0 radical (unpaired) electrons. The Balaban J connectivity index is 2.06. The van der Waals surface area contributed by atoms with Crippen molar-refractivity contribution in [3.05, 3.63) is 23.8 Å². The van der Waals surface area contributed by atoms with Crippen LogP contribution in [0.5, 0.6) is 11.5 Å². The van der Waals surface area contributed by atoms with Crippen molar-refractivity contribution in [2.75, 3.05) is 33.9 Å². The number of morpholine rings is 1. The second-order valence-corrected chi connectivity index (χ2v) is 6.31. The first-order chi connectivity index (χ1) is 10.9. The lowest BCUT2D eigenvalue weighted by Gasteiger charge is -2.38. The van der Waals surface area contributed by atoms with Gasteiger partial charge in [0.1, 0.15) is 11.5 Å². The fourth-order valence-electron chi connectivity index (χ4n) is 2.72. The van der Waals surface area contributed by atoms with Gasteiger partial charge in [-0.15, -0.1) is 0 Å². The molecule has 1 aromatic carbocycles. The Bertz CT molecular complexity index is 560. The van der Waals surface area contributed by atoms with Crippen LogP contribution in [-0.2, 0) is 4.74 Å². The average molecular weight is 322 g/mol. The molecule has 0 saturated carbocycles. The van der Waals surface area contributed by atoms with E-state index in [0.717, 1.165) is 11.3 Å². The summed E-state index contributed by atoms with van der Waals surface area (Å²) in [5.74, 6) is 1.42. The highest BCUT2D eigenvalue weighted by Gasteiger charge is 2.30. The molecule has 1 aliphatic heterocycles. The zero-order valence-corrected chi connectivity index (χ0v) is 14.5. The fourth-order valence-corrected chi connectivity index (χ4v) is 2.72. The van der Waals surface area contributed by atoms with Gasteiger partial charge in [-0.25, -0.2) is 4.79 Å². The number of hydrogen-bond donors (Lipinski definition) is 1. The molecule has 6 heteroatoms. The second-order valence-electron chi connectivity index (χ2n) is 6.31. The standard InChI is InChI=1S/C17H26N2O4/c1-12(14-7-6-13(21-4)10-15(14)22-5)18-16(20)19-8-9-23-17(2,3)11-19/h6-7,10,12H,8-9,11H2,1-5H3,(H,18,20). The van der Waals surface area contributed by atoms with Crippen LogP contribution >= 0.6 is 0 Å². The molecule has 6 nitrogen and oxygen atoms in total. The van der Waals surface area contributed by atoms with E-state index in [1.54, 1.807) is 19.1 Å². The Hall–Kier alpha value is -1.95. The maximum absolute atomic E-state index is 12.5. The van der Waals surface area contributed by atoms with E-state index < -0.39 is 0 Å². The highest BCUT2D eigenvalue weighted by atomic mass is 16.5. The molecule has 23 heavy (non-hydrogen) atoms. The van der Waals surface area contributed by atoms with Gasteiger partial charge in [0.15, 0.2) is 0 Å². The molecule has 1 fully saturated rings. The normalized spacial score (nSPS) is 18.2. The van der Waals surface area contributed by atoms with Crippen molar-refractivity contribution >= 4 is 6.03 Å². The number of carbonyl (C=O) groups excluding carboxylic acids is 1. The number of benzene rings is 1. The van der Waals surface area contributed by atoms with Crippen molar-refractivity contribution < 1.29 is 19.0 Å². The lowest BCUT2D eigenvalue weighted by molar-refractivity contribution is -0.0735. The van der Waals surface area contributed by atoms with E-state index >= 15 is 0 Å². The number of nitrogens with zero attached hydrogens (tertiary/aromatic N) is 1. The Morgan fingerprint density at radius 3 is 2.70 bits per heavy atom.